The lowest BCUT2D eigenvalue weighted by Crippen LogP contribution is -2.54. The number of ether oxygens (including phenoxy) is 2. The lowest BCUT2D eigenvalue weighted by molar-refractivity contribution is -0.122. The van der Waals surface area contributed by atoms with Gasteiger partial charge >= 0.3 is 12.0 Å². The Morgan fingerprint density at radius 2 is 1.73 bits per heavy atom. The number of nitrogens with zero attached hydrogens (tertiary/aromatic N) is 1. The van der Waals surface area contributed by atoms with E-state index in [4.69, 9.17) is 26.2 Å². The Balaban J connectivity index is 1.60. The molecule has 1 fully saturated rings. The van der Waals surface area contributed by atoms with Crippen molar-refractivity contribution in [2.24, 2.45) is 0 Å². The van der Waals surface area contributed by atoms with Gasteiger partial charge in [0.1, 0.15) is 12.2 Å². The molecule has 2 N–H and O–H groups in total. The molecule has 0 unspecified atom stereocenters. The first-order chi connectivity index (χ1) is 17.7. The molecule has 3 aromatic rings. The first-order valence-electron chi connectivity index (χ1n) is 11.0. The summed E-state index contributed by atoms with van der Waals surface area (Å²) in [5, 5.41) is 11.4. The molecule has 3 aromatic carbocycles. The van der Waals surface area contributed by atoms with Crippen molar-refractivity contribution in [3.05, 3.63) is 93.5 Å². The maximum absolute atomic E-state index is 13.1. The first kappa shape index (κ1) is 25.5. The molecule has 4 rings (SSSR count). The predicted molar refractivity (Wildman–Crippen MR) is 136 cm³/mol. The highest BCUT2D eigenvalue weighted by Gasteiger charge is 2.36. The fourth-order valence-corrected chi connectivity index (χ4v) is 3.89. The van der Waals surface area contributed by atoms with Crippen LogP contribution in [-0.2, 0) is 16.2 Å². The van der Waals surface area contributed by atoms with E-state index in [1.807, 2.05) is 6.92 Å². The van der Waals surface area contributed by atoms with Crippen molar-refractivity contribution in [3.63, 3.8) is 0 Å². The molecular formula is C27H21ClN2O7. The number of anilines is 1. The number of carboxylic acid groups (broad SMARTS) is 1. The van der Waals surface area contributed by atoms with Crippen molar-refractivity contribution in [2.45, 2.75) is 13.5 Å². The van der Waals surface area contributed by atoms with Crippen LogP contribution < -0.4 is 19.7 Å². The molecule has 37 heavy (non-hydrogen) atoms. The van der Waals surface area contributed by atoms with Gasteiger partial charge in [0.25, 0.3) is 11.8 Å². The molecule has 188 valence electrons. The summed E-state index contributed by atoms with van der Waals surface area (Å²) >= 11 is 6.44. The molecule has 0 bridgehead atoms. The van der Waals surface area contributed by atoms with Crippen molar-refractivity contribution in [2.75, 3.05) is 12.0 Å². The van der Waals surface area contributed by atoms with Crippen LogP contribution in [0.5, 0.6) is 11.5 Å². The number of carbonyl (C=O) groups excluding carboxylic acids is 3. The van der Waals surface area contributed by atoms with E-state index in [2.05, 4.69) is 5.32 Å². The van der Waals surface area contributed by atoms with Crippen molar-refractivity contribution >= 4 is 47.2 Å². The number of amides is 4. The number of hydrogen-bond donors (Lipinski definition) is 2. The van der Waals surface area contributed by atoms with E-state index in [-0.39, 0.29) is 34.3 Å². The van der Waals surface area contributed by atoms with Gasteiger partial charge in [-0.15, -0.1) is 0 Å². The number of carboxylic acids is 1. The van der Waals surface area contributed by atoms with Crippen LogP contribution in [0.2, 0.25) is 5.02 Å². The molecule has 0 saturated carbocycles. The molecule has 1 heterocycles. The molecule has 1 saturated heterocycles. The molecule has 0 atom stereocenters. The summed E-state index contributed by atoms with van der Waals surface area (Å²) in [5.41, 5.74) is 2.24. The highest BCUT2D eigenvalue weighted by Crippen LogP contribution is 2.38. The molecular weight excluding hydrogens is 500 g/mol. The lowest BCUT2D eigenvalue weighted by Gasteiger charge is -2.26. The zero-order chi connectivity index (χ0) is 26.7. The van der Waals surface area contributed by atoms with Gasteiger partial charge in [0.15, 0.2) is 11.5 Å². The molecule has 4 amide bonds. The molecule has 0 spiro atoms. The summed E-state index contributed by atoms with van der Waals surface area (Å²) < 4.78 is 11.2. The van der Waals surface area contributed by atoms with Crippen LogP contribution >= 0.6 is 11.6 Å². The second kappa shape index (κ2) is 10.5. The van der Waals surface area contributed by atoms with Gasteiger partial charge in [-0.2, -0.15) is 0 Å². The van der Waals surface area contributed by atoms with Crippen molar-refractivity contribution < 1.29 is 33.8 Å². The Labute approximate surface area is 216 Å². The van der Waals surface area contributed by atoms with Crippen LogP contribution in [0, 0.1) is 6.92 Å². The van der Waals surface area contributed by atoms with E-state index >= 15 is 0 Å². The van der Waals surface area contributed by atoms with E-state index in [0.717, 1.165) is 10.5 Å². The molecule has 0 radical (unpaired) electrons. The zero-order valence-corrected chi connectivity index (χ0v) is 20.5. The van der Waals surface area contributed by atoms with Gasteiger partial charge in [0, 0.05) is 0 Å². The van der Waals surface area contributed by atoms with Crippen molar-refractivity contribution in [1.29, 1.82) is 0 Å². The average Bonchev–Trinajstić information content (AvgIpc) is 2.87. The number of aryl methyl sites for hydroxylation is 1. The highest BCUT2D eigenvalue weighted by molar-refractivity contribution is 6.39. The molecule has 0 aliphatic carbocycles. The number of barbiturate groups is 1. The standard InChI is InChI=1S/C27H21ClN2O7/c1-15-3-9-19(10-4-15)30-25(32)20(24(31)29-27(30)35)11-17-12-21(28)23(22(13-17)36-2)37-14-16-5-7-18(8-6-16)26(33)34/h3-13H,14H2,1-2H3,(H,33,34)(H,29,31,35)/b20-11+. The summed E-state index contributed by atoms with van der Waals surface area (Å²) in [4.78, 5) is 49.9. The Kier molecular flexibility index (Phi) is 7.26. The minimum absolute atomic E-state index is 0.0882. The van der Waals surface area contributed by atoms with Crippen LogP contribution in [-0.4, -0.2) is 36.0 Å². The summed E-state index contributed by atoms with van der Waals surface area (Å²) in [5.74, 6) is -2.17. The molecule has 10 heteroatoms. The van der Waals surface area contributed by atoms with E-state index < -0.39 is 23.8 Å². The van der Waals surface area contributed by atoms with Crippen molar-refractivity contribution in [3.8, 4) is 11.5 Å². The fourth-order valence-electron chi connectivity index (χ4n) is 3.61. The third kappa shape index (κ3) is 5.46. The number of aromatic carboxylic acids is 1. The average molecular weight is 521 g/mol. The Morgan fingerprint density at radius 3 is 2.35 bits per heavy atom. The minimum Gasteiger partial charge on any atom is -0.493 e. The largest absolute Gasteiger partial charge is 0.493 e. The van der Waals surface area contributed by atoms with Crippen LogP contribution in [0.3, 0.4) is 0 Å². The number of methoxy groups -OCH3 is 1. The second-order valence-electron chi connectivity index (χ2n) is 8.12. The molecule has 1 aliphatic heterocycles. The van der Waals surface area contributed by atoms with E-state index in [9.17, 15) is 19.2 Å². The lowest BCUT2D eigenvalue weighted by atomic mass is 10.1. The topological polar surface area (TPSA) is 122 Å². The van der Waals surface area contributed by atoms with Gasteiger partial charge in [-0.25, -0.2) is 14.5 Å². The number of benzene rings is 3. The number of halogens is 1. The monoisotopic (exact) mass is 520 g/mol. The maximum atomic E-state index is 13.1. The smallest absolute Gasteiger partial charge is 0.335 e. The van der Waals surface area contributed by atoms with E-state index in [0.29, 0.717) is 16.8 Å². The third-order valence-corrected chi connectivity index (χ3v) is 5.82. The molecule has 1 aliphatic rings. The Morgan fingerprint density at radius 1 is 1.05 bits per heavy atom. The molecule has 0 aromatic heterocycles. The minimum atomic E-state index is -1.03. The number of rotatable bonds is 7. The predicted octanol–water partition coefficient (Wildman–Crippen LogP) is 4.60. The third-order valence-electron chi connectivity index (χ3n) is 5.54. The zero-order valence-electron chi connectivity index (χ0n) is 19.8. The van der Waals surface area contributed by atoms with Crippen LogP contribution in [0.1, 0.15) is 27.0 Å². The van der Waals surface area contributed by atoms with Crippen LogP contribution in [0.15, 0.2) is 66.2 Å². The second-order valence-corrected chi connectivity index (χ2v) is 8.53. The Hall–Kier alpha value is -4.63. The van der Waals surface area contributed by atoms with Crippen molar-refractivity contribution in [1.82, 2.24) is 5.32 Å². The normalized spacial score (nSPS) is 14.5. The first-order valence-corrected chi connectivity index (χ1v) is 11.4. The van der Waals surface area contributed by atoms with Gasteiger partial charge < -0.3 is 14.6 Å². The summed E-state index contributed by atoms with van der Waals surface area (Å²) in [6, 6.07) is 15.1. The summed E-state index contributed by atoms with van der Waals surface area (Å²) in [6.07, 6.45) is 1.31. The summed E-state index contributed by atoms with van der Waals surface area (Å²) in [6.45, 7) is 1.96. The van der Waals surface area contributed by atoms with Crippen LogP contribution in [0.25, 0.3) is 6.08 Å². The number of urea groups is 1. The number of hydrogen-bond acceptors (Lipinski definition) is 6. The van der Waals surface area contributed by atoms with Crippen LogP contribution in [0.4, 0.5) is 10.5 Å². The number of nitrogens with one attached hydrogen (secondary N) is 1. The number of imide groups is 2. The fraction of sp³-hybridized carbons (Fsp3) is 0.111. The van der Waals surface area contributed by atoms with E-state index in [1.54, 1.807) is 36.4 Å². The maximum Gasteiger partial charge on any atom is 0.335 e. The quantitative estimate of drug-likeness (QED) is 0.345. The molecule has 9 nitrogen and oxygen atoms in total. The van der Waals surface area contributed by atoms with Gasteiger partial charge in [0.2, 0.25) is 0 Å². The summed E-state index contributed by atoms with van der Waals surface area (Å²) in [7, 11) is 1.41. The highest BCUT2D eigenvalue weighted by atomic mass is 35.5. The SMILES string of the molecule is COc1cc(/C=C2\C(=O)NC(=O)N(c3ccc(C)cc3)C2=O)cc(Cl)c1OCc1ccc(C(=O)O)cc1. The van der Waals surface area contributed by atoms with Gasteiger partial charge in [-0.1, -0.05) is 41.4 Å². The van der Waals surface area contributed by atoms with Gasteiger partial charge in [-0.05, 0) is 60.5 Å². The van der Waals surface area contributed by atoms with Gasteiger partial charge in [-0.3, -0.25) is 14.9 Å². The number of carbonyl (C=O) groups is 4. The van der Waals surface area contributed by atoms with E-state index in [1.165, 1.54) is 37.5 Å². The van der Waals surface area contributed by atoms with Gasteiger partial charge in [0.05, 0.1) is 23.4 Å². The Bertz CT molecular complexity index is 1430.